The van der Waals surface area contributed by atoms with Gasteiger partial charge in [-0.15, -0.1) is 0 Å². The summed E-state index contributed by atoms with van der Waals surface area (Å²) < 4.78 is 25.4. The molecule has 1 unspecified atom stereocenters. The molecule has 0 radical (unpaired) electrons. The lowest BCUT2D eigenvalue weighted by Gasteiger charge is -2.38. The van der Waals surface area contributed by atoms with Gasteiger partial charge in [-0.1, -0.05) is 42.5 Å². The standard InChI is InChI=1S/C25H34FN3O2/c1-20(21-8-4-3-5-9-21)31-15-7-14-28-24(27-2)29-19-25(12-16-30-17-13-25)22-10-6-11-23(26)18-22/h3-6,8-11,18,20H,7,12-17,19H2,1-2H3,(H2,27,28,29). The number of hydrogen-bond donors (Lipinski definition) is 2. The van der Waals surface area contributed by atoms with E-state index >= 15 is 0 Å². The minimum absolute atomic E-state index is 0.0817. The molecule has 0 amide bonds. The second-order valence-corrected chi connectivity index (χ2v) is 8.03. The summed E-state index contributed by atoms with van der Waals surface area (Å²) in [6, 6.07) is 17.2. The zero-order valence-electron chi connectivity index (χ0n) is 18.6. The quantitative estimate of drug-likeness (QED) is 0.358. The number of aliphatic imine (C=N–C) groups is 1. The lowest BCUT2D eigenvalue weighted by molar-refractivity contribution is 0.0512. The van der Waals surface area contributed by atoms with Crippen molar-refractivity contribution in [3.63, 3.8) is 0 Å². The SMILES string of the molecule is CN=C(NCCCOC(C)c1ccccc1)NCC1(c2cccc(F)c2)CCOCC1. The molecule has 1 heterocycles. The minimum Gasteiger partial charge on any atom is -0.381 e. The number of hydrogen-bond acceptors (Lipinski definition) is 3. The second kappa shape index (κ2) is 11.8. The Bertz CT molecular complexity index is 823. The molecule has 1 saturated heterocycles. The van der Waals surface area contributed by atoms with Gasteiger partial charge in [0.1, 0.15) is 5.82 Å². The summed E-state index contributed by atoms with van der Waals surface area (Å²) in [4.78, 5) is 4.34. The molecule has 3 rings (SSSR count). The number of nitrogens with zero attached hydrogens (tertiary/aromatic N) is 1. The monoisotopic (exact) mass is 427 g/mol. The van der Waals surface area contributed by atoms with Gasteiger partial charge in [-0.25, -0.2) is 4.39 Å². The third kappa shape index (κ3) is 6.77. The summed E-state index contributed by atoms with van der Waals surface area (Å²) >= 11 is 0. The van der Waals surface area contributed by atoms with Crippen LogP contribution in [0, 0.1) is 5.82 Å². The van der Waals surface area contributed by atoms with Gasteiger partial charge >= 0.3 is 0 Å². The molecule has 0 saturated carbocycles. The van der Waals surface area contributed by atoms with Gasteiger partial charge in [0.05, 0.1) is 6.10 Å². The molecule has 1 aliphatic rings. The van der Waals surface area contributed by atoms with Gasteiger partial charge in [-0.3, -0.25) is 4.99 Å². The number of guanidine groups is 1. The first-order valence-electron chi connectivity index (χ1n) is 11.1. The first-order valence-corrected chi connectivity index (χ1v) is 11.1. The highest BCUT2D eigenvalue weighted by Gasteiger charge is 2.34. The van der Waals surface area contributed by atoms with E-state index in [1.165, 1.54) is 11.6 Å². The molecule has 2 N–H and O–H groups in total. The molecule has 5 nitrogen and oxygen atoms in total. The van der Waals surface area contributed by atoms with E-state index in [0.717, 1.165) is 37.3 Å². The second-order valence-electron chi connectivity index (χ2n) is 8.03. The Morgan fingerprint density at radius 2 is 1.90 bits per heavy atom. The highest BCUT2D eigenvalue weighted by atomic mass is 19.1. The topological polar surface area (TPSA) is 54.9 Å². The molecular formula is C25H34FN3O2. The third-order valence-corrected chi connectivity index (χ3v) is 5.96. The van der Waals surface area contributed by atoms with E-state index in [-0.39, 0.29) is 17.3 Å². The molecule has 6 heteroatoms. The zero-order chi connectivity index (χ0) is 21.9. The van der Waals surface area contributed by atoms with E-state index < -0.39 is 0 Å². The van der Waals surface area contributed by atoms with Crippen LogP contribution in [0.15, 0.2) is 59.6 Å². The Hall–Kier alpha value is -2.44. The molecule has 31 heavy (non-hydrogen) atoms. The van der Waals surface area contributed by atoms with Crippen molar-refractivity contribution in [1.29, 1.82) is 0 Å². The van der Waals surface area contributed by atoms with Crippen LogP contribution < -0.4 is 10.6 Å². The van der Waals surface area contributed by atoms with Crippen LogP contribution in [0.1, 0.15) is 43.4 Å². The molecule has 0 aliphatic carbocycles. The van der Waals surface area contributed by atoms with E-state index in [2.05, 4.69) is 34.7 Å². The van der Waals surface area contributed by atoms with Gasteiger partial charge in [0.15, 0.2) is 5.96 Å². The van der Waals surface area contributed by atoms with Crippen LogP contribution in [0.4, 0.5) is 4.39 Å². The first kappa shape index (κ1) is 23.2. The van der Waals surface area contributed by atoms with Crippen molar-refractivity contribution in [3.8, 4) is 0 Å². The maximum atomic E-state index is 13.9. The number of ether oxygens (including phenoxy) is 2. The Balaban J connectivity index is 1.45. The van der Waals surface area contributed by atoms with Gasteiger partial charge in [0, 0.05) is 45.4 Å². The van der Waals surface area contributed by atoms with Gasteiger partial charge < -0.3 is 20.1 Å². The van der Waals surface area contributed by atoms with Crippen LogP contribution >= 0.6 is 0 Å². The number of nitrogens with one attached hydrogen (secondary N) is 2. The molecule has 1 atom stereocenters. The number of benzene rings is 2. The van der Waals surface area contributed by atoms with E-state index in [9.17, 15) is 4.39 Å². The first-order chi connectivity index (χ1) is 15.1. The van der Waals surface area contributed by atoms with E-state index in [1.54, 1.807) is 19.2 Å². The van der Waals surface area contributed by atoms with Crippen molar-refractivity contribution < 1.29 is 13.9 Å². The van der Waals surface area contributed by atoms with Crippen LogP contribution in [-0.4, -0.2) is 45.9 Å². The predicted octanol–water partition coefficient (Wildman–Crippen LogP) is 4.21. The summed E-state index contributed by atoms with van der Waals surface area (Å²) in [5.74, 6) is 0.550. The molecule has 2 aromatic carbocycles. The van der Waals surface area contributed by atoms with Gasteiger partial charge in [0.25, 0.3) is 0 Å². The van der Waals surface area contributed by atoms with Gasteiger partial charge in [0.2, 0.25) is 0 Å². The van der Waals surface area contributed by atoms with Gasteiger partial charge in [-0.2, -0.15) is 0 Å². The maximum absolute atomic E-state index is 13.9. The number of halogens is 1. The van der Waals surface area contributed by atoms with Crippen molar-refractivity contribution in [3.05, 3.63) is 71.5 Å². The zero-order valence-corrected chi connectivity index (χ0v) is 18.6. The van der Waals surface area contributed by atoms with Crippen LogP contribution in [0.2, 0.25) is 0 Å². The smallest absolute Gasteiger partial charge is 0.191 e. The summed E-state index contributed by atoms with van der Waals surface area (Å²) in [5.41, 5.74) is 2.04. The predicted molar refractivity (Wildman–Crippen MR) is 123 cm³/mol. The molecule has 0 aromatic heterocycles. The molecule has 2 aromatic rings. The summed E-state index contributed by atoms with van der Waals surface area (Å²) in [6.07, 6.45) is 2.66. The van der Waals surface area contributed by atoms with Crippen molar-refractivity contribution >= 4 is 5.96 Å². The molecule has 1 aliphatic heterocycles. The maximum Gasteiger partial charge on any atom is 0.191 e. The minimum atomic E-state index is -0.199. The summed E-state index contributed by atoms with van der Waals surface area (Å²) in [6.45, 7) is 5.55. The van der Waals surface area contributed by atoms with Crippen LogP contribution in [-0.2, 0) is 14.9 Å². The van der Waals surface area contributed by atoms with Crippen molar-refractivity contribution in [2.45, 2.75) is 37.7 Å². The largest absolute Gasteiger partial charge is 0.381 e. The molecule has 0 spiro atoms. The van der Waals surface area contributed by atoms with E-state index in [1.807, 2.05) is 24.3 Å². The average Bonchev–Trinajstić information content (AvgIpc) is 2.82. The third-order valence-electron chi connectivity index (χ3n) is 5.96. The van der Waals surface area contributed by atoms with E-state index in [0.29, 0.717) is 26.4 Å². The fourth-order valence-electron chi connectivity index (χ4n) is 3.98. The Labute approximate surface area is 185 Å². The van der Waals surface area contributed by atoms with Crippen LogP contribution in [0.25, 0.3) is 0 Å². The Kier molecular flexibility index (Phi) is 8.85. The fraction of sp³-hybridized carbons (Fsp3) is 0.480. The van der Waals surface area contributed by atoms with Crippen molar-refractivity contribution in [2.24, 2.45) is 4.99 Å². The molecule has 1 fully saturated rings. The lowest BCUT2D eigenvalue weighted by atomic mass is 9.74. The summed E-state index contributed by atoms with van der Waals surface area (Å²) in [5, 5.41) is 6.80. The van der Waals surface area contributed by atoms with E-state index in [4.69, 9.17) is 9.47 Å². The highest BCUT2D eigenvalue weighted by molar-refractivity contribution is 5.79. The Morgan fingerprint density at radius 1 is 1.13 bits per heavy atom. The Morgan fingerprint density at radius 3 is 2.61 bits per heavy atom. The summed E-state index contributed by atoms with van der Waals surface area (Å²) in [7, 11) is 1.77. The average molecular weight is 428 g/mol. The number of rotatable bonds is 9. The lowest BCUT2D eigenvalue weighted by Crippen LogP contribution is -2.48. The van der Waals surface area contributed by atoms with Crippen LogP contribution in [0.3, 0.4) is 0 Å². The highest BCUT2D eigenvalue weighted by Crippen LogP contribution is 2.34. The van der Waals surface area contributed by atoms with Gasteiger partial charge in [-0.05, 0) is 49.4 Å². The molecule has 168 valence electrons. The van der Waals surface area contributed by atoms with Crippen molar-refractivity contribution in [2.75, 3.05) is 40.0 Å². The van der Waals surface area contributed by atoms with Crippen LogP contribution in [0.5, 0.6) is 0 Å². The van der Waals surface area contributed by atoms with Crippen molar-refractivity contribution in [1.82, 2.24) is 10.6 Å². The molecule has 0 bridgehead atoms. The molecular weight excluding hydrogens is 393 g/mol. The normalized spacial score (nSPS) is 17.2. The fourth-order valence-corrected chi connectivity index (χ4v) is 3.98.